The Balaban J connectivity index is 0.782. The van der Waals surface area contributed by atoms with E-state index in [1.807, 2.05) is 0 Å². The summed E-state index contributed by atoms with van der Waals surface area (Å²) in [4.78, 5) is 0. The molecule has 0 heterocycles. The zero-order valence-corrected chi connectivity index (χ0v) is 43.9. The van der Waals surface area contributed by atoms with Gasteiger partial charge in [-0.15, -0.1) is 0 Å². The van der Waals surface area contributed by atoms with Gasteiger partial charge in [-0.05, 0) is 111 Å². The van der Waals surface area contributed by atoms with Crippen molar-refractivity contribution in [2.75, 3.05) is 26.4 Å². The third-order valence-corrected chi connectivity index (χ3v) is 13.2. The molecule has 0 aliphatic carbocycles. The number of rotatable bonds is 33. The first-order valence-electron chi connectivity index (χ1n) is 26.6. The molecule has 0 aromatic heterocycles. The number of halogens is 11. The van der Waals surface area contributed by atoms with E-state index in [0.29, 0.717) is 48.6 Å². The van der Waals surface area contributed by atoms with Gasteiger partial charge in [0.05, 0.1) is 32.0 Å². The van der Waals surface area contributed by atoms with Crippen LogP contribution in [0.5, 0.6) is 34.5 Å². The highest BCUT2D eigenvalue weighted by atomic mass is 19.3. The lowest BCUT2D eigenvalue weighted by molar-refractivity contribution is -0.188. The molecule has 0 amide bonds. The molecule has 6 rings (SSSR count). The van der Waals surface area contributed by atoms with Crippen LogP contribution in [-0.2, 0) is 12.2 Å². The van der Waals surface area contributed by atoms with Crippen LogP contribution in [0.2, 0.25) is 0 Å². The molecule has 0 bridgehead atoms. The van der Waals surface area contributed by atoms with E-state index in [2.05, 4.69) is 16.4 Å². The van der Waals surface area contributed by atoms with Crippen molar-refractivity contribution in [2.24, 2.45) is 5.92 Å². The highest BCUT2D eigenvalue weighted by Gasteiger charge is 2.40. The molecule has 6 nitrogen and oxygen atoms in total. The molecule has 17 heteroatoms. The van der Waals surface area contributed by atoms with Gasteiger partial charge in [0, 0.05) is 28.8 Å². The standard InChI is InChI=1S/C61H65F11O6/c1-4-40(19-15-11-7-9-13-17-35-75-43-24-21-41(22-25-43)46-28-23-42(37-50(46)62)60(69,70)78-55-34-33-54(74-6-3)58(67)59(55)68)20-16-12-8-10-14-18-36-76-44-26-29-47(51(63)38-44)48-30-27-45(39-52(48)64)77-61(71,72)49-31-32-53(73-5-2)57(66)56(49)65/h21-34,37-40H,4-20,35-36H2,1-3H3. The van der Waals surface area contributed by atoms with Gasteiger partial charge in [0.25, 0.3) is 0 Å². The van der Waals surface area contributed by atoms with Gasteiger partial charge in [0.15, 0.2) is 23.1 Å². The smallest absolute Gasteiger partial charge is 0.429 e. The van der Waals surface area contributed by atoms with Crippen molar-refractivity contribution in [1.82, 2.24) is 0 Å². The van der Waals surface area contributed by atoms with E-state index >= 15 is 13.2 Å². The average Bonchev–Trinajstić information content (AvgIpc) is 3.41. The summed E-state index contributed by atoms with van der Waals surface area (Å²) >= 11 is 0. The van der Waals surface area contributed by atoms with Crippen LogP contribution in [0.15, 0.2) is 103 Å². The fraction of sp³-hybridized carbons (Fsp3) is 0.410. The molecule has 0 saturated heterocycles. The lowest BCUT2D eigenvalue weighted by atomic mass is 9.92. The third-order valence-electron chi connectivity index (χ3n) is 13.2. The maximum absolute atomic E-state index is 15.1. The molecule has 0 aliphatic rings. The molecule has 0 aliphatic heterocycles. The maximum Gasteiger partial charge on any atom is 0.429 e. The number of hydrogen-bond acceptors (Lipinski definition) is 6. The van der Waals surface area contributed by atoms with Crippen molar-refractivity contribution in [3.63, 3.8) is 0 Å². The van der Waals surface area contributed by atoms with Crippen LogP contribution in [0.3, 0.4) is 0 Å². The van der Waals surface area contributed by atoms with Gasteiger partial charge >= 0.3 is 12.2 Å². The summed E-state index contributed by atoms with van der Waals surface area (Å²) in [6.07, 6.45) is 7.81. The van der Waals surface area contributed by atoms with Crippen LogP contribution < -0.4 is 28.4 Å². The van der Waals surface area contributed by atoms with Crippen LogP contribution in [0.1, 0.15) is 128 Å². The van der Waals surface area contributed by atoms with Crippen molar-refractivity contribution >= 4 is 0 Å². The summed E-state index contributed by atoms with van der Waals surface area (Å²) in [7, 11) is 0. The quantitative estimate of drug-likeness (QED) is 0.0302. The minimum atomic E-state index is -4.37. The van der Waals surface area contributed by atoms with Crippen molar-refractivity contribution in [1.29, 1.82) is 0 Å². The Bertz CT molecular complexity index is 2840. The fourth-order valence-corrected chi connectivity index (χ4v) is 8.94. The molecule has 0 spiro atoms. The van der Waals surface area contributed by atoms with Crippen molar-refractivity contribution < 1.29 is 76.7 Å². The predicted octanol–water partition coefficient (Wildman–Crippen LogP) is 19.0. The Morgan fingerprint density at radius 2 is 0.833 bits per heavy atom. The Kier molecular flexibility index (Phi) is 22.8. The second kappa shape index (κ2) is 29.4. The van der Waals surface area contributed by atoms with Crippen LogP contribution in [0.25, 0.3) is 22.3 Å². The molecule has 78 heavy (non-hydrogen) atoms. The Morgan fingerprint density at radius 1 is 0.385 bits per heavy atom. The Morgan fingerprint density at radius 3 is 1.38 bits per heavy atom. The van der Waals surface area contributed by atoms with Gasteiger partial charge in [-0.2, -0.15) is 30.7 Å². The van der Waals surface area contributed by atoms with E-state index in [-0.39, 0.29) is 35.7 Å². The molecule has 0 fully saturated rings. The average molecular weight is 1100 g/mol. The normalized spacial score (nSPS) is 12.1. The molecule has 1 atom stereocenters. The molecule has 0 radical (unpaired) electrons. The summed E-state index contributed by atoms with van der Waals surface area (Å²) in [5.74, 6) is -10.6. The van der Waals surface area contributed by atoms with Crippen LogP contribution in [0, 0.1) is 46.6 Å². The van der Waals surface area contributed by atoms with Gasteiger partial charge in [0.2, 0.25) is 17.5 Å². The summed E-state index contributed by atoms with van der Waals surface area (Å²) in [6, 6.07) is 19.2. The van der Waals surface area contributed by atoms with E-state index in [4.69, 9.17) is 18.9 Å². The third kappa shape index (κ3) is 16.9. The molecular formula is C61H65F11O6. The van der Waals surface area contributed by atoms with E-state index in [1.165, 1.54) is 57.2 Å². The number of hydrogen-bond donors (Lipinski definition) is 0. The first-order valence-corrected chi connectivity index (χ1v) is 26.6. The highest BCUT2D eigenvalue weighted by molar-refractivity contribution is 5.67. The number of ether oxygens (including phenoxy) is 6. The lowest BCUT2D eigenvalue weighted by Gasteiger charge is -2.20. The second-order valence-corrected chi connectivity index (χ2v) is 18.8. The second-order valence-electron chi connectivity index (χ2n) is 18.8. The van der Waals surface area contributed by atoms with E-state index in [0.717, 1.165) is 107 Å². The molecular weight excluding hydrogens is 1040 g/mol. The van der Waals surface area contributed by atoms with Crippen molar-refractivity contribution in [2.45, 2.75) is 129 Å². The fourth-order valence-electron chi connectivity index (χ4n) is 8.94. The number of unbranched alkanes of at least 4 members (excludes halogenated alkanes) is 10. The first kappa shape index (κ1) is 60.6. The summed E-state index contributed by atoms with van der Waals surface area (Å²) in [6.45, 7) is 6.22. The van der Waals surface area contributed by atoms with Gasteiger partial charge in [-0.25, -0.2) is 17.6 Å². The highest BCUT2D eigenvalue weighted by Crippen LogP contribution is 2.40. The zero-order chi connectivity index (χ0) is 56.2. The molecule has 6 aromatic rings. The zero-order valence-electron chi connectivity index (χ0n) is 43.9. The van der Waals surface area contributed by atoms with Gasteiger partial charge in [-0.1, -0.05) is 109 Å². The van der Waals surface area contributed by atoms with Crippen LogP contribution in [-0.4, -0.2) is 26.4 Å². The molecule has 1 unspecified atom stereocenters. The first-order chi connectivity index (χ1) is 37.5. The Labute approximate surface area is 448 Å². The molecule has 0 saturated carbocycles. The maximum atomic E-state index is 15.1. The largest absolute Gasteiger partial charge is 0.494 e. The Hall–Kier alpha value is -6.65. The van der Waals surface area contributed by atoms with Crippen LogP contribution >= 0.6 is 0 Å². The SMILES string of the molecule is CCOc1ccc(OC(F)(F)c2ccc(-c3ccc(OCCCCCCCCC(CC)CCCCCCCCOc4ccc(-c5ccc(OC(F)(F)c6ccc(OCC)c(F)c6F)cc5F)c(F)c4)cc3)c(F)c2)c(F)c1F. The molecule has 6 aromatic carbocycles. The monoisotopic (exact) mass is 1100 g/mol. The summed E-state index contributed by atoms with van der Waals surface area (Å²) in [5.41, 5.74) is -2.14. The summed E-state index contributed by atoms with van der Waals surface area (Å²) < 4.78 is 193. The van der Waals surface area contributed by atoms with E-state index in [9.17, 15) is 35.1 Å². The molecule has 422 valence electrons. The van der Waals surface area contributed by atoms with Crippen LogP contribution in [0.4, 0.5) is 48.3 Å². The topological polar surface area (TPSA) is 55.4 Å². The molecule has 0 N–H and O–H groups in total. The number of benzene rings is 6. The van der Waals surface area contributed by atoms with Crippen molar-refractivity contribution in [3.05, 3.63) is 155 Å². The van der Waals surface area contributed by atoms with Gasteiger partial charge in [0.1, 0.15) is 40.3 Å². The lowest BCUT2D eigenvalue weighted by Crippen LogP contribution is -2.24. The summed E-state index contributed by atoms with van der Waals surface area (Å²) in [5, 5.41) is 0. The van der Waals surface area contributed by atoms with Crippen molar-refractivity contribution in [3.8, 4) is 56.8 Å². The van der Waals surface area contributed by atoms with Gasteiger partial charge in [-0.3, -0.25) is 0 Å². The number of alkyl halides is 4. The predicted molar refractivity (Wildman–Crippen MR) is 277 cm³/mol. The van der Waals surface area contributed by atoms with E-state index in [1.54, 1.807) is 31.2 Å². The minimum Gasteiger partial charge on any atom is -0.494 e. The van der Waals surface area contributed by atoms with Gasteiger partial charge < -0.3 is 28.4 Å². The van der Waals surface area contributed by atoms with E-state index < -0.39 is 87.1 Å². The minimum absolute atomic E-state index is 0.0185.